The largest absolute Gasteiger partial charge is 0.357 e. The second-order valence-electron chi connectivity index (χ2n) is 6.41. The standard InChI is InChI=1S/C20H27N5S.HI/c1-3-21-20(23-13-15(2)16-10-12-26-14-16)22-11-6-9-19-24-17-7-4-5-8-18(17)25-19;/h4-5,7-8,10,12,14-15H,3,6,9,11,13H2,1-2H3,(H,24,25)(H2,21,22,23);1H. The highest BCUT2D eigenvalue weighted by molar-refractivity contribution is 14.0. The van der Waals surface area contributed by atoms with Crippen molar-refractivity contribution in [1.82, 2.24) is 20.6 Å². The molecule has 5 nitrogen and oxygen atoms in total. The Morgan fingerprint density at radius 3 is 2.85 bits per heavy atom. The summed E-state index contributed by atoms with van der Waals surface area (Å²) in [6.07, 6.45) is 1.93. The normalized spacial score (nSPS) is 12.6. The smallest absolute Gasteiger partial charge is 0.191 e. The van der Waals surface area contributed by atoms with Gasteiger partial charge in [0.25, 0.3) is 0 Å². The van der Waals surface area contributed by atoms with E-state index in [0.29, 0.717) is 5.92 Å². The van der Waals surface area contributed by atoms with Crippen LogP contribution in [0.4, 0.5) is 0 Å². The maximum atomic E-state index is 4.72. The second-order valence-corrected chi connectivity index (χ2v) is 7.19. The summed E-state index contributed by atoms with van der Waals surface area (Å²) in [5.41, 5.74) is 3.50. The fourth-order valence-corrected chi connectivity index (χ4v) is 3.60. The van der Waals surface area contributed by atoms with E-state index in [4.69, 9.17) is 4.99 Å². The third kappa shape index (κ3) is 6.49. The third-order valence-corrected chi connectivity index (χ3v) is 5.00. The molecule has 1 aromatic carbocycles. The van der Waals surface area contributed by atoms with Crippen LogP contribution in [0.1, 0.15) is 37.6 Å². The Bertz CT molecular complexity index is 795. The molecule has 27 heavy (non-hydrogen) atoms. The monoisotopic (exact) mass is 497 g/mol. The van der Waals surface area contributed by atoms with Crippen LogP contribution in [0, 0.1) is 0 Å². The van der Waals surface area contributed by atoms with Gasteiger partial charge in [0.2, 0.25) is 0 Å². The van der Waals surface area contributed by atoms with Crippen molar-refractivity contribution in [3.63, 3.8) is 0 Å². The molecule has 7 heteroatoms. The van der Waals surface area contributed by atoms with E-state index in [1.807, 2.05) is 18.2 Å². The van der Waals surface area contributed by atoms with Crippen molar-refractivity contribution >= 4 is 52.3 Å². The molecule has 0 amide bonds. The molecule has 0 saturated carbocycles. The number of imidazole rings is 1. The number of aromatic amines is 1. The van der Waals surface area contributed by atoms with Crippen molar-refractivity contribution in [1.29, 1.82) is 0 Å². The first kappa shape index (κ1) is 21.7. The molecule has 146 valence electrons. The van der Waals surface area contributed by atoms with Gasteiger partial charge in [-0.1, -0.05) is 19.1 Å². The number of rotatable bonds is 8. The Morgan fingerprint density at radius 1 is 1.26 bits per heavy atom. The highest BCUT2D eigenvalue weighted by Crippen LogP contribution is 2.18. The lowest BCUT2D eigenvalue weighted by atomic mass is 10.1. The van der Waals surface area contributed by atoms with E-state index in [1.165, 1.54) is 5.56 Å². The van der Waals surface area contributed by atoms with E-state index in [2.05, 4.69) is 57.3 Å². The molecular weight excluding hydrogens is 469 g/mol. The zero-order valence-electron chi connectivity index (χ0n) is 15.9. The predicted octanol–water partition coefficient (Wildman–Crippen LogP) is 4.53. The zero-order valence-corrected chi connectivity index (χ0v) is 19.0. The highest BCUT2D eigenvalue weighted by Gasteiger charge is 2.06. The van der Waals surface area contributed by atoms with Gasteiger partial charge in [-0.3, -0.25) is 4.99 Å². The van der Waals surface area contributed by atoms with Gasteiger partial charge in [0.05, 0.1) is 11.0 Å². The Balaban J connectivity index is 0.00000261. The molecule has 0 aliphatic heterocycles. The van der Waals surface area contributed by atoms with Crippen LogP contribution in [0.25, 0.3) is 11.0 Å². The number of hydrogen-bond donors (Lipinski definition) is 3. The fraction of sp³-hybridized carbons (Fsp3) is 0.400. The van der Waals surface area contributed by atoms with Crippen molar-refractivity contribution in [2.45, 2.75) is 32.6 Å². The number of H-pyrrole nitrogens is 1. The third-order valence-electron chi connectivity index (χ3n) is 4.30. The van der Waals surface area contributed by atoms with Gasteiger partial charge in [0.1, 0.15) is 5.82 Å². The first-order valence-corrected chi connectivity index (χ1v) is 10.2. The number of hydrogen-bond acceptors (Lipinski definition) is 3. The summed E-state index contributed by atoms with van der Waals surface area (Å²) < 4.78 is 0. The summed E-state index contributed by atoms with van der Waals surface area (Å²) in [7, 11) is 0. The van der Waals surface area contributed by atoms with Crippen LogP contribution in [0.3, 0.4) is 0 Å². The summed E-state index contributed by atoms with van der Waals surface area (Å²) in [6.45, 7) is 6.83. The van der Waals surface area contributed by atoms with E-state index in [0.717, 1.165) is 55.3 Å². The Kier molecular flexibility index (Phi) is 9.06. The van der Waals surface area contributed by atoms with Gasteiger partial charge < -0.3 is 15.6 Å². The number of halogens is 1. The van der Waals surface area contributed by atoms with Gasteiger partial charge in [-0.2, -0.15) is 11.3 Å². The number of fused-ring (bicyclic) bond motifs is 1. The van der Waals surface area contributed by atoms with Gasteiger partial charge in [-0.15, -0.1) is 24.0 Å². The molecule has 0 aliphatic carbocycles. The lowest BCUT2D eigenvalue weighted by molar-refractivity contribution is 0.715. The molecule has 2 heterocycles. The van der Waals surface area contributed by atoms with Crippen LogP contribution in [-0.2, 0) is 6.42 Å². The van der Waals surface area contributed by atoms with E-state index in [9.17, 15) is 0 Å². The van der Waals surface area contributed by atoms with Gasteiger partial charge in [0.15, 0.2) is 5.96 Å². The maximum absolute atomic E-state index is 4.72. The number of para-hydroxylation sites is 2. The minimum Gasteiger partial charge on any atom is -0.357 e. The summed E-state index contributed by atoms with van der Waals surface area (Å²) >= 11 is 1.74. The second kappa shape index (κ2) is 11.3. The molecule has 1 atom stereocenters. The van der Waals surface area contributed by atoms with Gasteiger partial charge in [-0.05, 0) is 47.9 Å². The van der Waals surface area contributed by atoms with E-state index in [1.54, 1.807) is 11.3 Å². The highest BCUT2D eigenvalue weighted by atomic mass is 127. The Hall–Kier alpha value is -1.61. The molecule has 0 bridgehead atoms. The van der Waals surface area contributed by atoms with E-state index >= 15 is 0 Å². The maximum Gasteiger partial charge on any atom is 0.191 e. The van der Waals surface area contributed by atoms with Gasteiger partial charge >= 0.3 is 0 Å². The number of guanidine groups is 1. The lowest BCUT2D eigenvalue weighted by Gasteiger charge is -2.13. The molecule has 1 unspecified atom stereocenters. The van der Waals surface area contributed by atoms with Crippen molar-refractivity contribution < 1.29 is 0 Å². The summed E-state index contributed by atoms with van der Waals surface area (Å²) in [5.74, 6) is 2.37. The molecule has 0 aliphatic rings. The number of nitrogens with zero attached hydrogens (tertiary/aromatic N) is 2. The fourth-order valence-electron chi connectivity index (χ4n) is 2.82. The van der Waals surface area contributed by atoms with Crippen LogP contribution in [0.15, 0.2) is 46.1 Å². The number of benzene rings is 1. The van der Waals surface area contributed by atoms with Crippen molar-refractivity contribution in [2.24, 2.45) is 4.99 Å². The Morgan fingerprint density at radius 2 is 2.11 bits per heavy atom. The van der Waals surface area contributed by atoms with E-state index < -0.39 is 0 Å². The van der Waals surface area contributed by atoms with Gasteiger partial charge in [0, 0.05) is 32.0 Å². The van der Waals surface area contributed by atoms with Crippen molar-refractivity contribution in [3.8, 4) is 0 Å². The van der Waals surface area contributed by atoms with Crippen LogP contribution in [0.5, 0.6) is 0 Å². The Labute approximate surface area is 182 Å². The minimum atomic E-state index is 0. The molecule has 0 fully saturated rings. The molecule has 3 rings (SSSR count). The number of aliphatic imine (C=N–C) groups is 1. The first-order valence-electron chi connectivity index (χ1n) is 9.24. The summed E-state index contributed by atoms with van der Waals surface area (Å²) in [5, 5.41) is 11.1. The van der Waals surface area contributed by atoms with Crippen LogP contribution < -0.4 is 10.6 Å². The van der Waals surface area contributed by atoms with E-state index in [-0.39, 0.29) is 24.0 Å². The first-order chi connectivity index (χ1) is 12.8. The average molecular weight is 497 g/mol. The molecule has 3 aromatic rings. The number of aryl methyl sites for hydroxylation is 1. The summed E-state index contributed by atoms with van der Waals surface area (Å²) in [6, 6.07) is 10.3. The molecular formula is C20H28IN5S. The van der Waals surface area contributed by atoms with Crippen LogP contribution in [-0.4, -0.2) is 35.6 Å². The molecule has 0 radical (unpaired) electrons. The number of thiophene rings is 1. The molecule has 0 spiro atoms. The minimum absolute atomic E-state index is 0. The summed E-state index contributed by atoms with van der Waals surface area (Å²) in [4.78, 5) is 12.7. The molecule has 0 saturated heterocycles. The SMILES string of the molecule is CCNC(=NCC(C)c1ccsc1)NCCCc1nc2ccccc2[nH]1.I. The molecule has 3 N–H and O–H groups in total. The topological polar surface area (TPSA) is 65.1 Å². The number of nitrogens with one attached hydrogen (secondary N) is 3. The predicted molar refractivity (Wildman–Crippen MR) is 127 cm³/mol. The van der Waals surface area contributed by atoms with Crippen molar-refractivity contribution in [3.05, 3.63) is 52.5 Å². The van der Waals surface area contributed by atoms with Crippen LogP contribution >= 0.6 is 35.3 Å². The number of aromatic nitrogens is 2. The van der Waals surface area contributed by atoms with Crippen molar-refractivity contribution in [2.75, 3.05) is 19.6 Å². The quantitative estimate of drug-likeness (QED) is 0.185. The van der Waals surface area contributed by atoms with Gasteiger partial charge in [-0.25, -0.2) is 4.98 Å². The molecule has 2 aromatic heterocycles. The lowest BCUT2D eigenvalue weighted by Crippen LogP contribution is -2.38. The zero-order chi connectivity index (χ0) is 18.2. The average Bonchev–Trinajstić information content (AvgIpc) is 3.32. The van der Waals surface area contributed by atoms with Crippen LogP contribution in [0.2, 0.25) is 0 Å².